The highest BCUT2D eigenvalue weighted by Crippen LogP contribution is 2.34. The third-order valence-electron chi connectivity index (χ3n) is 4.72. The third-order valence-corrected chi connectivity index (χ3v) is 8.07. The van der Waals surface area contributed by atoms with Crippen molar-refractivity contribution in [2.24, 2.45) is 0 Å². The molecule has 0 radical (unpaired) electrons. The summed E-state index contributed by atoms with van der Waals surface area (Å²) < 4.78 is 36.1. The molecule has 2 N–H and O–H groups in total. The molecule has 1 amide bonds. The summed E-state index contributed by atoms with van der Waals surface area (Å²) >= 11 is 6.69. The molecule has 3 aromatic rings. The second-order valence-corrected chi connectivity index (χ2v) is 11.7. The number of hydrogen-bond donors (Lipinski definition) is 2. The number of ether oxygens (including phenoxy) is 2. The van der Waals surface area contributed by atoms with Gasteiger partial charge in [-0.2, -0.15) is 0 Å². The van der Waals surface area contributed by atoms with E-state index in [9.17, 15) is 18.0 Å². The normalized spacial score (nSPS) is 13.5. The number of benzene rings is 1. The molecule has 0 aliphatic heterocycles. The van der Waals surface area contributed by atoms with E-state index >= 15 is 0 Å². The van der Waals surface area contributed by atoms with Crippen molar-refractivity contribution in [2.45, 2.75) is 43.1 Å². The lowest BCUT2D eigenvalue weighted by Crippen LogP contribution is -2.13. The number of nitrogens with one attached hydrogen (secondary N) is 1. The summed E-state index contributed by atoms with van der Waals surface area (Å²) in [5, 5.41) is 11.3. The van der Waals surface area contributed by atoms with E-state index in [1.54, 1.807) is 6.07 Å². The maximum atomic E-state index is 12.8. The Morgan fingerprint density at radius 1 is 1.17 bits per heavy atom. The van der Waals surface area contributed by atoms with Crippen molar-refractivity contribution in [2.75, 3.05) is 5.32 Å². The van der Waals surface area contributed by atoms with Crippen LogP contribution in [0.3, 0.4) is 0 Å². The summed E-state index contributed by atoms with van der Waals surface area (Å²) in [5.74, 6) is -1.02. The lowest BCUT2D eigenvalue weighted by atomic mass is 10.2. The highest BCUT2D eigenvalue weighted by molar-refractivity contribution is 7.92. The van der Waals surface area contributed by atoms with Gasteiger partial charge in [0.2, 0.25) is 0 Å². The van der Waals surface area contributed by atoms with E-state index in [0.29, 0.717) is 18.6 Å². The standard InChI is InChI=1S/C22H20ClN3O7S2/c1-11(2)32-14-7-12(20(27)26-22-25-18(21(28)29)19(23)34-22)8-15(9-14)33-13-3-6-17(24-10-13)35(30,31)16-4-5-16/h3,6-11,16H,4-5H2,1-2H3,(H,28,29)(H,25,26,27). The summed E-state index contributed by atoms with van der Waals surface area (Å²) in [6.07, 6.45) is 2.39. The Bertz CT molecular complexity index is 1380. The Labute approximate surface area is 209 Å². The van der Waals surface area contributed by atoms with E-state index in [1.165, 1.54) is 30.5 Å². The monoisotopic (exact) mass is 537 g/mol. The number of halogens is 1. The highest BCUT2D eigenvalue weighted by Gasteiger charge is 2.37. The van der Waals surface area contributed by atoms with E-state index in [0.717, 1.165) is 11.3 Å². The van der Waals surface area contributed by atoms with Crippen LogP contribution in [0.5, 0.6) is 17.2 Å². The predicted molar refractivity (Wildman–Crippen MR) is 129 cm³/mol. The summed E-state index contributed by atoms with van der Waals surface area (Å²) in [6.45, 7) is 3.64. The van der Waals surface area contributed by atoms with Crippen molar-refractivity contribution < 1.29 is 32.6 Å². The average Bonchev–Trinajstić information content (AvgIpc) is 3.57. The van der Waals surface area contributed by atoms with Crippen molar-refractivity contribution in [1.82, 2.24) is 9.97 Å². The fourth-order valence-electron chi connectivity index (χ4n) is 3.04. The van der Waals surface area contributed by atoms with Gasteiger partial charge in [-0.25, -0.2) is 23.2 Å². The number of anilines is 1. The number of aromatic carboxylic acids is 1. The Morgan fingerprint density at radius 2 is 1.89 bits per heavy atom. The largest absolute Gasteiger partial charge is 0.491 e. The van der Waals surface area contributed by atoms with Crippen molar-refractivity contribution in [3.05, 3.63) is 52.1 Å². The van der Waals surface area contributed by atoms with E-state index in [4.69, 9.17) is 26.2 Å². The van der Waals surface area contributed by atoms with Crippen LogP contribution in [0, 0.1) is 0 Å². The Kier molecular flexibility index (Phi) is 6.97. The van der Waals surface area contributed by atoms with Crippen LogP contribution in [0.4, 0.5) is 5.13 Å². The molecule has 0 spiro atoms. The number of carbonyl (C=O) groups excluding carboxylic acids is 1. The van der Waals surface area contributed by atoms with Gasteiger partial charge in [0, 0.05) is 11.6 Å². The molecule has 4 rings (SSSR count). The van der Waals surface area contributed by atoms with Gasteiger partial charge in [-0.05, 0) is 51.0 Å². The highest BCUT2D eigenvalue weighted by atomic mass is 35.5. The van der Waals surface area contributed by atoms with Gasteiger partial charge >= 0.3 is 5.97 Å². The molecular formula is C22H20ClN3O7S2. The van der Waals surface area contributed by atoms with Gasteiger partial charge in [-0.15, -0.1) is 0 Å². The van der Waals surface area contributed by atoms with Crippen LogP contribution in [0.2, 0.25) is 4.34 Å². The second kappa shape index (κ2) is 9.80. The molecule has 10 nitrogen and oxygen atoms in total. The molecule has 1 aromatic carbocycles. The van der Waals surface area contributed by atoms with Gasteiger partial charge in [0.05, 0.1) is 17.6 Å². The number of amides is 1. The van der Waals surface area contributed by atoms with Gasteiger partial charge in [0.1, 0.15) is 21.6 Å². The zero-order valence-corrected chi connectivity index (χ0v) is 20.9. The van der Waals surface area contributed by atoms with E-state index in [1.807, 2.05) is 13.8 Å². The van der Waals surface area contributed by atoms with Gasteiger partial charge in [0.25, 0.3) is 5.91 Å². The quantitative estimate of drug-likeness (QED) is 0.398. The van der Waals surface area contributed by atoms with Gasteiger partial charge in [0.15, 0.2) is 25.7 Å². The number of pyridine rings is 1. The molecule has 2 heterocycles. The molecule has 0 atom stereocenters. The molecule has 2 aromatic heterocycles. The predicted octanol–water partition coefficient (Wildman–Crippen LogP) is 4.66. The topological polar surface area (TPSA) is 145 Å². The number of carboxylic acid groups (broad SMARTS) is 1. The van der Waals surface area contributed by atoms with Gasteiger partial charge in [-0.3, -0.25) is 10.1 Å². The van der Waals surface area contributed by atoms with Crippen molar-refractivity contribution in [3.8, 4) is 17.2 Å². The molecule has 13 heteroatoms. The van der Waals surface area contributed by atoms with Crippen molar-refractivity contribution >= 4 is 49.8 Å². The number of carbonyl (C=O) groups is 2. The molecule has 35 heavy (non-hydrogen) atoms. The Morgan fingerprint density at radius 3 is 2.46 bits per heavy atom. The van der Waals surface area contributed by atoms with Crippen LogP contribution in [0.15, 0.2) is 41.6 Å². The minimum Gasteiger partial charge on any atom is -0.491 e. The van der Waals surface area contributed by atoms with Crippen LogP contribution in [0.25, 0.3) is 0 Å². The zero-order chi connectivity index (χ0) is 25.3. The van der Waals surface area contributed by atoms with Crippen LogP contribution >= 0.6 is 22.9 Å². The SMILES string of the molecule is CC(C)Oc1cc(Oc2ccc(S(=O)(=O)C3CC3)nc2)cc(C(=O)Nc2nc(C(=O)O)c(Cl)s2)c1. The van der Waals surface area contributed by atoms with Gasteiger partial charge < -0.3 is 14.6 Å². The van der Waals surface area contributed by atoms with Crippen molar-refractivity contribution in [1.29, 1.82) is 0 Å². The number of carboxylic acids is 1. The lowest BCUT2D eigenvalue weighted by molar-refractivity contribution is 0.0691. The number of sulfone groups is 1. The first-order chi connectivity index (χ1) is 16.5. The van der Waals surface area contributed by atoms with E-state index in [2.05, 4.69) is 15.3 Å². The fraction of sp³-hybridized carbons (Fsp3) is 0.273. The van der Waals surface area contributed by atoms with E-state index in [-0.39, 0.29) is 48.6 Å². The first kappa shape index (κ1) is 24.9. The lowest BCUT2D eigenvalue weighted by Gasteiger charge is -2.14. The summed E-state index contributed by atoms with van der Waals surface area (Å²) in [7, 11) is -3.42. The minimum absolute atomic E-state index is 0.00727. The van der Waals surface area contributed by atoms with E-state index < -0.39 is 21.7 Å². The molecule has 0 saturated heterocycles. The molecule has 1 aliphatic carbocycles. The maximum absolute atomic E-state index is 12.8. The smallest absolute Gasteiger partial charge is 0.357 e. The molecule has 1 fully saturated rings. The molecule has 0 bridgehead atoms. The number of hydrogen-bond acceptors (Lipinski definition) is 9. The molecular weight excluding hydrogens is 518 g/mol. The third kappa shape index (κ3) is 5.89. The van der Waals surface area contributed by atoms with Crippen LogP contribution in [-0.4, -0.2) is 46.7 Å². The van der Waals surface area contributed by atoms with Crippen LogP contribution in [0.1, 0.15) is 47.5 Å². The molecule has 0 unspecified atom stereocenters. The summed E-state index contributed by atoms with van der Waals surface area (Å²) in [6, 6.07) is 7.40. The minimum atomic E-state index is -3.42. The summed E-state index contributed by atoms with van der Waals surface area (Å²) in [4.78, 5) is 31.8. The number of rotatable bonds is 9. The number of nitrogens with zero attached hydrogens (tertiary/aromatic N) is 2. The Balaban J connectivity index is 1.57. The van der Waals surface area contributed by atoms with Crippen LogP contribution < -0.4 is 14.8 Å². The molecule has 1 aliphatic rings. The second-order valence-electron chi connectivity index (χ2n) is 7.94. The first-order valence-electron chi connectivity index (χ1n) is 10.4. The van der Waals surface area contributed by atoms with Crippen LogP contribution in [-0.2, 0) is 9.84 Å². The Hall–Kier alpha value is -3.22. The van der Waals surface area contributed by atoms with Gasteiger partial charge in [-0.1, -0.05) is 22.9 Å². The number of thiazole rings is 1. The first-order valence-corrected chi connectivity index (χ1v) is 13.2. The zero-order valence-electron chi connectivity index (χ0n) is 18.5. The van der Waals surface area contributed by atoms with Crippen molar-refractivity contribution in [3.63, 3.8) is 0 Å². The average molecular weight is 538 g/mol. The fourth-order valence-corrected chi connectivity index (χ4v) is 5.62. The summed E-state index contributed by atoms with van der Waals surface area (Å²) in [5.41, 5.74) is -0.199. The molecule has 1 saturated carbocycles. The maximum Gasteiger partial charge on any atom is 0.357 e. The number of aromatic nitrogens is 2. The molecule has 184 valence electrons.